The molecule has 3 aromatic carbocycles. The van der Waals surface area contributed by atoms with Gasteiger partial charge in [-0.15, -0.1) is 0 Å². The number of aryl methyl sites for hydroxylation is 1. The van der Waals surface area contributed by atoms with Crippen LogP contribution in [-0.4, -0.2) is 34.3 Å². The van der Waals surface area contributed by atoms with Crippen LogP contribution in [-0.2, 0) is 16.0 Å². The highest BCUT2D eigenvalue weighted by atomic mass is 19.1. The van der Waals surface area contributed by atoms with Crippen molar-refractivity contribution in [1.29, 1.82) is 5.26 Å². The van der Waals surface area contributed by atoms with Crippen LogP contribution >= 0.6 is 0 Å². The van der Waals surface area contributed by atoms with Crippen molar-refractivity contribution < 1.29 is 33.1 Å². The van der Waals surface area contributed by atoms with E-state index in [4.69, 9.17) is 14.5 Å². The SMILES string of the molecule is Cc1noc(-c2ccc(C(=O)NC(Cc3cccc(C#N)c3)C(=O)O)cc2)c1NC(=O)OC(C)c1ccccc1F. The first-order valence-electron chi connectivity index (χ1n) is 12.5. The highest BCUT2D eigenvalue weighted by Crippen LogP contribution is 2.32. The quantitative estimate of drug-likeness (QED) is 0.248. The second-order valence-corrected chi connectivity index (χ2v) is 9.12. The van der Waals surface area contributed by atoms with Crippen molar-refractivity contribution in [3.8, 4) is 17.4 Å². The number of aliphatic carboxylic acids is 1. The van der Waals surface area contributed by atoms with E-state index in [2.05, 4.69) is 15.8 Å². The molecule has 0 aliphatic rings. The van der Waals surface area contributed by atoms with Gasteiger partial charge in [0.1, 0.15) is 29.3 Å². The normalized spacial score (nSPS) is 12.0. The topological polar surface area (TPSA) is 155 Å². The molecule has 10 nitrogen and oxygen atoms in total. The van der Waals surface area contributed by atoms with Crippen LogP contribution in [0.15, 0.2) is 77.3 Å². The zero-order chi connectivity index (χ0) is 29.5. The van der Waals surface area contributed by atoms with Crippen LogP contribution in [0.4, 0.5) is 14.9 Å². The lowest BCUT2D eigenvalue weighted by molar-refractivity contribution is -0.139. The number of ether oxygens (including phenoxy) is 1. The summed E-state index contributed by atoms with van der Waals surface area (Å²) in [4.78, 5) is 37.2. The molecule has 1 aromatic heterocycles. The van der Waals surface area contributed by atoms with Crippen LogP contribution in [0.5, 0.6) is 0 Å². The van der Waals surface area contributed by atoms with Crippen LogP contribution in [0, 0.1) is 24.1 Å². The van der Waals surface area contributed by atoms with Gasteiger partial charge in [0.15, 0.2) is 5.76 Å². The second kappa shape index (κ2) is 12.6. The molecule has 4 aromatic rings. The number of amides is 2. The summed E-state index contributed by atoms with van der Waals surface area (Å²) in [6.45, 7) is 3.16. The number of aromatic nitrogens is 1. The maximum absolute atomic E-state index is 14.0. The number of hydrogen-bond acceptors (Lipinski definition) is 7. The summed E-state index contributed by atoms with van der Waals surface area (Å²) in [5.41, 5.74) is 2.46. The van der Waals surface area contributed by atoms with Gasteiger partial charge in [0.25, 0.3) is 5.91 Å². The Bertz CT molecular complexity index is 1630. The lowest BCUT2D eigenvalue weighted by atomic mass is 10.0. The van der Waals surface area contributed by atoms with Crippen molar-refractivity contribution in [1.82, 2.24) is 10.5 Å². The highest BCUT2D eigenvalue weighted by molar-refractivity contribution is 5.97. The molecule has 3 N–H and O–H groups in total. The van der Waals surface area contributed by atoms with Crippen molar-refractivity contribution in [3.05, 3.63) is 107 Å². The van der Waals surface area contributed by atoms with E-state index in [0.717, 1.165) is 0 Å². The van der Waals surface area contributed by atoms with E-state index in [9.17, 15) is 23.9 Å². The molecular weight excluding hydrogens is 531 g/mol. The summed E-state index contributed by atoms with van der Waals surface area (Å²) in [5, 5.41) is 27.7. The Morgan fingerprint density at radius 1 is 1.10 bits per heavy atom. The average molecular weight is 557 g/mol. The van der Waals surface area contributed by atoms with Crippen molar-refractivity contribution in [2.75, 3.05) is 5.32 Å². The maximum atomic E-state index is 14.0. The van der Waals surface area contributed by atoms with Crippen molar-refractivity contribution in [2.45, 2.75) is 32.4 Å². The maximum Gasteiger partial charge on any atom is 0.412 e. The number of hydrogen-bond donors (Lipinski definition) is 3. The predicted molar refractivity (Wildman–Crippen MR) is 145 cm³/mol. The molecule has 4 rings (SSSR count). The Labute approximate surface area is 234 Å². The molecule has 0 fully saturated rings. The molecule has 0 radical (unpaired) electrons. The predicted octanol–water partition coefficient (Wildman–Crippen LogP) is 5.40. The number of nitriles is 1. The van der Waals surface area contributed by atoms with Crippen LogP contribution in [0.1, 0.15) is 45.8 Å². The van der Waals surface area contributed by atoms with Gasteiger partial charge in [-0.25, -0.2) is 14.0 Å². The van der Waals surface area contributed by atoms with Crippen LogP contribution < -0.4 is 10.6 Å². The summed E-state index contributed by atoms with van der Waals surface area (Å²) in [6.07, 6.45) is -1.71. The molecule has 0 bridgehead atoms. The summed E-state index contributed by atoms with van der Waals surface area (Å²) in [6, 6.07) is 19.3. The minimum atomic E-state index is -1.22. The first kappa shape index (κ1) is 28.5. The third-order valence-corrected chi connectivity index (χ3v) is 6.23. The third-order valence-electron chi connectivity index (χ3n) is 6.23. The average Bonchev–Trinajstić information content (AvgIpc) is 3.32. The Morgan fingerprint density at radius 2 is 1.83 bits per heavy atom. The van der Waals surface area contributed by atoms with Crippen LogP contribution in [0.25, 0.3) is 11.3 Å². The zero-order valence-electron chi connectivity index (χ0n) is 22.1. The first-order chi connectivity index (χ1) is 19.7. The summed E-state index contributed by atoms with van der Waals surface area (Å²) < 4.78 is 24.8. The minimum absolute atomic E-state index is 0.00726. The number of carbonyl (C=O) groups is 3. The highest BCUT2D eigenvalue weighted by Gasteiger charge is 2.23. The number of carboxylic acids is 1. The van der Waals surface area contributed by atoms with Gasteiger partial charge in [-0.05, 0) is 49.7 Å². The van der Waals surface area contributed by atoms with Crippen LogP contribution in [0.2, 0.25) is 0 Å². The molecule has 11 heteroatoms. The summed E-state index contributed by atoms with van der Waals surface area (Å²) >= 11 is 0. The van der Waals surface area contributed by atoms with Gasteiger partial charge in [-0.2, -0.15) is 5.26 Å². The van der Waals surface area contributed by atoms with Gasteiger partial charge in [-0.1, -0.05) is 47.6 Å². The second-order valence-electron chi connectivity index (χ2n) is 9.12. The third kappa shape index (κ3) is 6.93. The smallest absolute Gasteiger partial charge is 0.412 e. The molecule has 1 heterocycles. The van der Waals surface area contributed by atoms with E-state index in [1.54, 1.807) is 56.3 Å². The molecule has 0 saturated heterocycles. The van der Waals surface area contributed by atoms with Crippen molar-refractivity contribution in [2.24, 2.45) is 0 Å². The fourth-order valence-corrected chi connectivity index (χ4v) is 4.09. The Morgan fingerprint density at radius 3 is 2.51 bits per heavy atom. The number of rotatable bonds is 9. The van der Waals surface area contributed by atoms with E-state index in [1.165, 1.54) is 30.3 Å². The van der Waals surface area contributed by atoms with Crippen molar-refractivity contribution >= 4 is 23.7 Å². The molecule has 0 aliphatic carbocycles. The van der Waals surface area contributed by atoms with E-state index in [0.29, 0.717) is 22.4 Å². The molecule has 2 unspecified atom stereocenters. The molecule has 0 spiro atoms. The summed E-state index contributed by atoms with van der Waals surface area (Å²) in [7, 11) is 0. The lowest BCUT2D eigenvalue weighted by Gasteiger charge is -2.15. The summed E-state index contributed by atoms with van der Waals surface area (Å²) in [5.74, 6) is -2.13. The molecule has 0 aliphatic heterocycles. The van der Waals surface area contributed by atoms with Gasteiger partial charge in [0, 0.05) is 23.1 Å². The molecule has 0 saturated carbocycles. The molecule has 2 atom stereocenters. The number of anilines is 1. The fraction of sp³-hybridized carbons (Fsp3) is 0.167. The number of benzene rings is 3. The molecule has 2 amide bonds. The van der Waals surface area contributed by atoms with Gasteiger partial charge in [0.05, 0.1) is 11.6 Å². The Kier molecular flexibility index (Phi) is 8.74. The molecular formula is C30H25FN4O6. The fourth-order valence-electron chi connectivity index (χ4n) is 4.09. The van der Waals surface area contributed by atoms with Gasteiger partial charge in [-0.3, -0.25) is 10.1 Å². The molecule has 208 valence electrons. The largest absolute Gasteiger partial charge is 0.480 e. The van der Waals surface area contributed by atoms with E-state index in [1.807, 2.05) is 6.07 Å². The number of carboxylic acid groups (broad SMARTS) is 1. The van der Waals surface area contributed by atoms with Gasteiger partial charge in [0.2, 0.25) is 0 Å². The molecule has 41 heavy (non-hydrogen) atoms. The van der Waals surface area contributed by atoms with Crippen LogP contribution in [0.3, 0.4) is 0 Å². The number of nitrogens with zero attached hydrogens (tertiary/aromatic N) is 2. The number of halogens is 1. The monoisotopic (exact) mass is 556 g/mol. The number of carbonyl (C=O) groups excluding carboxylic acids is 2. The van der Waals surface area contributed by atoms with Crippen molar-refractivity contribution in [3.63, 3.8) is 0 Å². The first-order valence-corrected chi connectivity index (χ1v) is 12.5. The Hall–Kier alpha value is -5.50. The standard InChI is InChI=1S/C30H25FN4O6/c1-17-26(34-30(39)40-18(2)23-8-3-4-9-24(23)31)27(41-35-17)21-10-12-22(13-11-21)28(36)33-25(29(37)38)15-19-6-5-7-20(14-19)16-32/h3-14,18,25H,15H2,1-2H3,(H,33,36)(H,34,39)(H,37,38). The Balaban J connectivity index is 1.44. The van der Waals surface area contributed by atoms with E-state index < -0.39 is 35.9 Å². The zero-order valence-corrected chi connectivity index (χ0v) is 22.1. The number of nitrogens with one attached hydrogen (secondary N) is 2. The van der Waals surface area contributed by atoms with Gasteiger partial charge < -0.3 is 19.7 Å². The minimum Gasteiger partial charge on any atom is -0.480 e. The van der Waals surface area contributed by atoms with Gasteiger partial charge >= 0.3 is 12.1 Å². The lowest BCUT2D eigenvalue weighted by Crippen LogP contribution is -2.42. The van der Waals surface area contributed by atoms with E-state index >= 15 is 0 Å². The van der Waals surface area contributed by atoms with E-state index in [-0.39, 0.29) is 29.0 Å².